The average molecular weight is 303 g/mol. The smallest absolute Gasteiger partial charge is 0.299 e. The third kappa shape index (κ3) is 4.46. The standard InChI is InChI=1S/C12H21N3O4S/c1-8(2)7-14-20(16,17)15-10-6-12(19-4)11(18-3)5-9(10)13/h5-6,8,14-15H,7,13H2,1-4H3. The Morgan fingerprint density at radius 2 is 1.75 bits per heavy atom. The lowest BCUT2D eigenvalue weighted by Gasteiger charge is -2.15. The van der Waals surface area contributed by atoms with E-state index in [1.54, 1.807) is 0 Å². The summed E-state index contributed by atoms with van der Waals surface area (Å²) in [5, 5.41) is 0. The Labute approximate surface area is 119 Å². The van der Waals surface area contributed by atoms with Gasteiger partial charge in [-0.15, -0.1) is 0 Å². The van der Waals surface area contributed by atoms with E-state index in [2.05, 4.69) is 9.44 Å². The van der Waals surface area contributed by atoms with Crippen molar-refractivity contribution in [1.82, 2.24) is 4.72 Å². The van der Waals surface area contributed by atoms with Crippen LogP contribution in [0.15, 0.2) is 12.1 Å². The number of nitrogen functional groups attached to an aromatic ring is 1. The molecule has 7 nitrogen and oxygen atoms in total. The van der Waals surface area contributed by atoms with E-state index in [0.717, 1.165) is 0 Å². The molecule has 0 bridgehead atoms. The zero-order valence-corrected chi connectivity index (χ0v) is 12.9. The van der Waals surface area contributed by atoms with Crippen LogP contribution < -0.4 is 24.7 Å². The first-order valence-electron chi connectivity index (χ1n) is 6.08. The minimum Gasteiger partial charge on any atom is -0.493 e. The molecule has 0 saturated carbocycles. The van der Waals surface area contributed by atoms with Gasteiger partial charge in [-0.1, -0.05) is 13.8 Å². The number of methoxy groups -OCH3 is 2. The van der Waals surface area contributed by atoms with Crippen molar-refractivity contribution in [3.63, 3.8) is 0 Å². The minimum absolute atomic E-state index is 0.203. The van der Waals surface area contributed by atoms with Crippen molar-refractivity contribution in [2.45, 2.75) is 13.8 Å². The lowest BCUT2D eigenvalue weighted by atomic mass is 10.2. The Balaban J connectivity index is 2.97. The van der Waals surface area contributed by atoms with Gasteiger partial charge in [-0.05, 0) is 5.92 Å². The number of hydrogen-bond acceptors (Lipinski definition) is 5. The van der Waals surface area contributed by atoms with Gasteiger partial charge in [0.2, 0.25) is 0 Å². The maximum absolute atomic E-state index is 11.9. The molecular weight excluding hydrogens is 282 g/mol. The number of nitrogens with two attached hydrogens (primary N) is 1. The summed E-state index contributed by atoms with van der Waals surface area (Å²) in [7, 11) is -0.734. The second kappa shape index (κ2) is 6.67. The molecule has 4 N–H and O–H groups in total. The molecule has 1 aromatic carbocycles. The summed E-state index contributed by atoms with van der Waals surface area (Å²) < 4.78 is 38.7. The van der Waals surface area contributed by atoms with Crippen molar-refractivity contribution in [2.24, 2.45) is 5.92 Å². The van der Waals surface area contributed by atoms with Gasteiger partial charge in [-0.3, -0.25) is 4.72 Å². The fraction of sp³-hybridized carbons (Fsp3) is 0.500. The minimum atomic E-state index is -3.67. The van der Waals surface area contributed by atoms with Crippen molar-refractivity contribution >= 4 is 21.6 Å². The molecule has 0 atom stereocenters. The van der Waals surface area contributed by atoms with Crippen molar-refractivity contribution in [3.05, 3.63) is 12.1 Å². The molecule has 0 fully saturated rings. The third-order valence-corrected chi connectivity index (χ3v) is 3.52. The van der Waals surface area contributed by atoms with Crippen molar-refractivity contribution in [1.29, 1.82) is 0 Å². The molecule has 0 spiro atoms. The summed E-state index contributed by atoms with van der Waals surface area (Å²) in [4.78, 5) is 0. The molecule has 8 heteroatoms. The molecule has 114 valence electrons. The van der Waals surface area contributed by atoms with Crippen molar-refractivity contribution in [3.8, 4) is 11.5 Å². The van der Waals surface area contributed by atoms with Gasteiger partial charge in [0.25, 0.3) is 10.2 Å². The molecule has 0 saturated heterocycles. The summed E-state index contributed by atoms with van der Waals surface area (Å²) in [5.41, 5.74) is 6.28. The highest BCUT2D eigenvalue weighted by Crippen LogP contribution is 2.35. The summed E-state index contributed by atoms with van der Waals surface area (Å²) in [6, 6.07) is 2.97. The van der Waals surface area contributed by atoms with E-state index in [4.69, 9.17) is 15.2 Å². The Hall–Kier alpha value is -1.67. The maximum Gasteiger partial charge on any atom is 0.299 e. The fourth-order valence-electron chi connectivity index (χ4n) is 1.44. The van der Waals surface area contributed by atoms with E-state index in [1.807, 2.05) is 13.8 Å². The van der Waals surface area contributed by atoms with E-state index >= 15 is 0 Å². The summed E-state index contributed by atoms with van der Waals surface area (Å²) in [5.74, 6) is 1.03. The number of anilines is 2. The van der Waals surface area contributed by atoms with E-state index in [-0.39, 0.29) is 17.3 Å². The Kier molecular flexibility index (Phi) is 5.46. The predicted molar refractivity (Wildman–Crippen MR) is 79.3 cm³/mol. The molecule has 0 radical (unpaired) electrons. The summed E-state index contributed by atoms with van der Waals surface area (Å²) >= 11 is 0. The number of ether oxygens (including phenoxy) is 2. The zero-order chi connectivity index (χ0) is 15.3. The van der Waals surface area contributed by atoms with Gasteiger partial charge in [0.05, 0.1) is 25.6 Å². The van der Waals surface area contributed by atoms with Gasteiger partial charge in [0, 0.05) is 18.7 Å². The van der Waals surface area contributed by atoms with E-state index in [0.29, 0.717) is 18.0 Å². The van der Waals surface area contributed by atoms with Gasteiger partial charge in [-0.25, -0.2) is 0 Å². The van der Waals surface area contributed by atoms with Crippen LogP contribution in [0.3, 0.4) is 0 Å². The van der Waals surface area contributed by atoms with Gasteiger partial charge < -0.3 is 15.2 Å². The van der Waals surface area contributed by atoms with Crippen LogP contribution in [-0.2, 0) is 10.2 Å². The molecule has 0 unspecified atom stereocenters. The second-order valence-electron chi connectivity index (χ2n) is 4.64. The van der Waals surface area contributed by atoms with Gasteiger partial charge in [0.1, 0.15) is 0 Å². The average Bonchev–Trinajstić information content (AvgIpc) is 2.38. The zero-order valence-electron chi connectivity index (χ0n) is 12.1. The van der Waals surface area contributed by atoms with Gasteiger partial charge in [-0.2, -0.15) is 13.1 Å². The van der Waals surface area contributed by atoms with Crippen molar-refractivity contribution in [2.75, 3.05) is 31.2 Å². The van der Waals surface area contributed by atoms with Gasteiger partial charge in [0.15, 0.2) is 11.5 Å². The molecule has 1 rings (SSSR count). The maximum atomic E-state index is 11.9. The quantitative estimate of drug-likeness (QED) is 0.657. The Morgan fingerprint density at radius 1 is 1.20 bits per heavy atom. The van der Waals surface area contributed by atoms with Crippen LogP contribution in [0.4, 0.5) is 11.4 Å². The van der Waals surface area contributed by atoms with E-state index in [1.165, 1.54) is 26.4 Å². The molecule has 0 aromatic heterocycles. The highest BCUT2D eigenvalue weighted by atomic mass is 32.2. The third-order valence-electron chi connectivity index (χ3n) is 2.48. The molecule has 0 amide bonds. The highest BCUT2D eigenvalue weighted by molar-refractivity contribution is 7.90. The largest absolute Gasteiger partial charge is 0.493 e. The molecule has 20 heavy (non-hydrogen) atoms. The molecular formula is C12H21N3O4S. The first kappa shape index (κ1) is 16.4. The van der Waals surface area contributed by atoms with Crippen LogP contribution in [0.25, 0.3) is 0 Å². The molecule has 0 aliphatic heterocycles. The van der Waals surface area contributed by atoms with Crippen LogP contribution in [-0.4, -0.2) is 29.2 Å². The number of hydrogen-bond donors (Lipinski definition) is 3. The topological polar surface area (TPSA) is 103 Å². The Morgan fingerprint density at radius 3 is 2.25 bits per heavy atom. The first-order chi connectivity index (χ1) is 9.29. The molecule has 0 aliphatic carbocycles. The Bertz CT molecular complexity index is 558. The van der Waals surface area contributed by atoms with Crippen LogP contribution in [0.2, 0.25) is 0 Å². The van der Waals surface area contributed by atoms with E-state index < -0.39 is 10.2 Å². The molecule has 1 aromatic rings. The monoisotopic (exact) mass is 303 g/mol. The van der Waals surface area contributed by atoms with Crippen LogP contribution in [0.1, 0.15) is 13.8 Å². The second-order valence-corrected chi connectivity index (χ2v) is 6.14. The van der Waals surface area contributed by atoms with Gasteiger partial charge >= 0.3 is 0 Å². The first-order valence-corrected chi connectivity index (χ1v) is 7.56. The van der Waals surface area contributed by atoms with Crippen LogP contribution in [0.5, 0.6) is 11.5 Å². The summed E-state index contributed by atoms with van der Waals surface area (Å²) in [6.07, 6.45) is 0. The number of benzene rings is 1. The number of nitrogens with one attached hydrogen (secondary N) is 2. The SMILES string of the molecule is COc1cc(N)c(NS(=O)(=O)NCC(C)C)cc1OC. The fourth-order valence-corrected chi connectivity index (χ4v) is 2.53. The van der Waals surface area contributed by atoms with Crippen LogP contribution in [0, 0.1) is 5.92 Å². The highest BCUT2D eigenvalue weighted by Gasteiger charge is 2.15. The lowest BCUT2D eigenvalue weighted by Crippen LogP contribution is -2.33. The lowest BCUT2D eigenvalue weighted by molar-refractivity contribution is 0.355. The summed E-state index contributed by atoms with van der Waals surface area (Å²) in [6.45, 7) is 4.16. The normalized spacial score (nSPS) is 11.4. The van der Waals surface area contributed by atoms with E-state index in [9.17, 15) is 8.42 Å². The van der Waals surface area contributed by atoms with Crippen molar-refractivity contribution < 1.29 is 17.9 Å². The predicted octanol–water partition coefficient (Wildman–Crippen LogP) is 1.19. The number of rotatable bonds is 7. The molecule has 0 heterocycles. The van der Waals surface area contributed by atoms with Crippen LogP contribution >= 0.6 is 0 Å². The molecule has 0 aliphatic rings.